The number of aromatic nitrogens is 3. The summed E-state index contributed by atoms with van der Waals surface area (Å²) in [5.41, 5.74) is 1.72. The molecule has 7 heteroatoms. The first-order chi connectivity index (χ1) is 13.2. The van der Waals surface area contributed by atoms with Gasteiger partial charge in [0.05, 0.1) is 35.6 Å². The fraction of sp³-hybridized carbons (Fsp3) is 0.0500. The van der Waals surface area contributed by atoms with E-state index >= 15 is 0 Å². The summed E-state index contributed by atoms with van der Waals surface area (Å²) in [6.45, 7) is 0. The zero-order valence-electron chi connectivity index (χ0n) is 14.4. The van der Waals surface area contributed by atoms with Gasteiger partial charge in [-0.3, -0.25) is 4.79 Å². The van der Waals surface area contributed by atoms with Gasteiger partial charge < -0.3 is 10.1 Å². The summed E-state index contributed by atoms with van der Waals surface area (Å²) in [4.78, 5) is 22.0. The van der Waals surface area contributed by atoms with Gasteiger partial charge in [-0.15, -0.1) is 0 Å². The van der Waals surface area contributed by atoms with E-state index in [4.69, 9.17) is 16.3 Å². The summed E-state index contributed by atoms with van der Waals surface area (Å²) >= 11 is 6.08. The zero-order valence-corrected chi connectivity index (χ0v) is 15.1. The molecule has 4 rings (SSSR count). The van der Waals surface area contributed by atoms with E-state index in [-0.39, 0.29) is 5.56 Å². The van der Waals surface area contributed by atoms with E-state index in [0.717, 1.165) is 0 Å². The van der Waals surface area contributed by atoms with Crippen LogP contribution in [0, 0.1) is 0 Å². The van der Waals surface area contributed by atoms with Gasteiger partial charge in [-0.25, -0.2) is 14.5 Å². The van der Waals surface area contributed by atoms with Crippen molar-refractivity contribution in [3.63, 3.8) is 0 Å². The molecule has 4 aromatic rings. The number of rotatable bonds is 4. The van der Waals surface area contributed by atoms with Crippen molar-refractivity contribution >= 4 is 34.1 Å². The Labute approximate surface area is 160 Å². The molecule has 0 fully saturated rings. The number of pyridine rings is 1. The number of nitrogens with zero attached hydrogens (tertiary/aromatic N) is 3. The predicted molar refractivity (Wildman–Crippen MR) is 106 cm³/mol. The largest absolute Gasteiger partial charge is 0.481 e. The summed E-state index contributed by atoms with van der Waals surface area (Å²) in [7, 11) is 1.55. The maximum absolute atomic E-state index is 13.2. The van der Waals surface area contributed by atoms with Crippen LogP contribution in [0.25, 0.3) is 16.6 Å². The summed E-state index contributed by atoms with van der Waals surface area (Å²) in [6, 6.07) is 17.9. The first-order valence-electron chi connectivity index (χ1n) is 8.20. The summed E-state index contributed by atoms with van der Waals surface area (Å²) in [5, 5.41) is 4.11. The molecule has 0 aliphatic heterocycles. The van der Waals surface area contributed by atoms with Gasteiger partial charge in [0, 0.05) is 11.1 Å². The standard InChI is InChI=1S/C20H15ClN4O2/c1-27-18-10-8-14(12-22-18)23-20-24-17-9-7-13(21)11-16(17)19(26)25(20)15-5-3-2-4-6-15/h2-12H,1H3,(H,23,24). The van der Waals surface area contributed by atoms with E-state index in [9.17, 15) is 4.79 Å². The molecule has 1 N–H and O–H groups in total. The van der Waals surface area contributed by atoms with Crippen LogP contribution in [0.4, 0.5) is 11.6 Å². The molecule has 0 aliphatic carbocycles. The Morgan fingerprint density at radius 1 is 1.07 bits per heavy atom. The number of hydrogen-bond donors (Lipinski definition) is 1. The second-order valence-corrected chi connectivity index (χ2v) is 6.22. The Balaban J connectivity index is 1.91. The third-order valence-corrected chi connectivity index (χ3v) is 4.28. The summed E-state index contributed by atoms with van der Waals surface area (Å²) in [5.74, 6) is 0.884. The maximum atomic E-state index is 13.2. The van der Waals surface area contributed by atoms with Crippen molar-refractivity contribution < 1.29 is 4.74 Å². The molecule has 0 aliphatic rings. The smallest absolute Gasteiger partial charge is 0.267 e. The monoisotopic (exact) mass is 378 g/mol. The third-order valence-electron chi connectivity index (χ3n) is 4.05. The predicted octanol–water partition coefficient (Wildman–Crippen LogP) is 4.19. The van der Waals surface area contributed by atoms with Crippen LogP contribution < -0.4 is 15.6 Å². The minimum atomic E-state index is -0.210. The zero-order chi connectivity index (χ0) is 18.8. The van der Waals surface area contributed by atoms with E-state index < -0.39 is 0 Å². The SMILES string of the molecule is COc1ccc(Nc2nc3ccc(Cl)cc3c(=O)n2-c2ccccc2)cn1. The Kier molecular flexibility index (Phi) is 4.48. The van der Waals surface area contributed by atoms with Gasteiger partial charge >= 0.3 is 0 Å². The molecule has 0 saturated carbocycles. The number of anilines is 2. The second-order valence-electron chi connectivity index (χ2n) is 5.79. The van der Waals surface area contributed by atoms with Gasteiger partial charge in [-0.1, -0.05) is 29.8 Å². The number of para-hydroxylation sites is 1. The van der Waals surface area contributed by atoms with Gasteiger partial charge in [0.25, 0.3) is 5.56 Å². The van der Waals surface area contributed by atoms with E-state index in [1.807, 2.05) is 30.3 Å². The highest BCUT2D eigenvalue weighted by molar-refractivity contribution is 6.31. The highest BCUT2D eigenvalue weighted by Gasteiger charge is 2.13. The van der Waals surface area contributed by atoms with Gasteiger partial charge in [0.15, 0.2) is 0 Å². The molecule has 2 heterocycles. The fourth-order valence-corrected chi connectivity index (χ4v) is 2.93. The van der Waals surface area contributed by atoms with Gasteiger partial charge in [-0.2, -0.15) is 0 Å². The van der Waals surface area contributed by atoms with Crippen LogP contribution in [0.15, 0.2) is 71.7 Å². The van der Waals surface area contributed by atoms with Crippen molar-refractivity contribution in [3.05, 3.63) is 82.2 Å². The highest BCUT2D eigenvalue weighted by atomic mass is 35.5. The Bertz CT molecular complexity index is 1160. The lowest BCUT2D eigenvalue weighted by atomic mass is 10.2. The Hall–Kier alpha value is -3.38. The van der Waals surface area contributed by atoms with Crippen LogP contribution in [0.1, 0.15) is 0 Å². The molecule has 6 nitrogen and oxygen atoms in total. The topological polar surface area (TPSA) is 69.0 Å². The van der Waals surface area contributed by atoms with E-state index in [1.54, 1.807) is 43.6 Å². The lowest BCUT2D eigenvalue weighted by molar-refractivity contribution is 0.398. The van der Waals surface area contributed by atoms with E-state index in [1.165, 1.54) is 4.57 Å². The van der Waals surface area contributed by atoms with Crippen LogP contribution in [0.3, 0.4) is 0 Å². The number of fused-ring (bicyclic) bond motifs is 1. The molecule has 0 bridgehead atoms. The first-order valence-corrected chi connectivity index (χ1v) is 8.58. The van der Waals surface area contributed by atoms with Crippen molar-refractivity contribution in [2.24, 2.45) is 0 Å². The van der Waals surface area contributed by atoms with Crippen molar-refractivity contribution in [1.29, 1.82) is 0 Å². The molecular weight excluding hydrogens is 364 g/mol. The molecule has 2 aromatic heterocycles. The number of hydrogen-bond acceptors (Lipinski definition) is 5. The Morgan fingerprint density at radius 2 is 1.89 bits per heavy atom. The fourth-order valence-electron chi connectivity index (χ4n) is 2.76. The minimum Gasteiger partial charge on any atom is -0.481 e. The molecule has 0 amide bonds. The maximum Gasteiger partial charge on any atom is 0.267 e. The summed E-state index contributed by atoms with van der Waals surface area (Å²) in [6.07, 6.45) is 1.62. The van der Waals surface area contributed by atoms with Gasteiger partial charge in [-0.05, 0) is 36.4 Å². The van der Waals surface area contributed by atoms with Crippen molar-refractivity contribution in [3.8, 4) is 11.6 Å². The number of ether oxygens (including phenoxy) is 1. The number of methoxy groups -OCH3 is 1. The third kappa shape index (κ3) is 3.35. The molecule has 27 heavy (non-hydrogen) atoms. The van der Waals surface area contributed by atoms with Crippen molar-refractivity contribution in [1.82, 2.24) is 14.5 Å². The van der Waals surface area contributed by atoms with E-state index in [0.29, 0.717) is 39.1 Å². The second kappa shape index (κ2) is 7.09. The van der Waals surface area contributed by atoms with Gasteiger partial charge in [0.1, 0.15) is 0 Å². The number of benzene rings is 2. The van der Waals surface area contributed by atoms with Crippen molar-refractivity contribution in [2.75, 3.05) is 12.4 Å². The molecule has 0 unspecified atom stereocenters. The van der Waals surface area contributed by atoms with Crippen LogP contribution >= 0.6 is 11.6 Å². The molecule has 0 radical (unpaired) electrons. The average Bonchev–Trinajstić information content (AvgIpc) is 2.70. The lowest BCUT2D eigenvalue weighted by Gasteiger charge is -2.15. The quantitative estimate of drug-likeness (QED) is 0.576. The molecule has 0 saturated heterocycles. The van der Waals surface area contributed by atoms with Crippen LogP contribution in [-0.4, -0.2) is 21.6 Å². The number of halogens is 1. The Morgan fingerprint density at radius 3 is 2.59 bits per heavy atom. The van der Waals surface area contributed by atoms with Gasteiger partial charge in [0.2, 0.25) is 11.8 Å². The van der Waals surface area contributed by atoms with E-state index in [2.05, 4.69) is 15.3 Å². The molecule has 0 spiro atoms. The summed E-state index contributed by atoms with van der Waals surface area (Å²) < 4.78 is 6.59. The normalized spacial score (nSPS) is 10.7. The lowest BCUT2D eigenvalue weighted by Crippen LogP contribution is -2.22. The first kappa shape index (κ1) is 17.1. The van der Waals surface area contributed by atoms with Crippen LogP contribution in [0.5, 0.6) is 5.88 Å². The van der Waals surface area contributed by atoms with Crippen LogP contribution in [-0.2, 0) is 0 Å². The highest BCUT2D eigenvalue weighted by Crippen LogP contribution is 2.22. The molecule has 0 atom stereocenters. The molecular formula is C20H15ClN4O2. The minimum absolute atomic E-state index is 0.210. The molecule has 134 valence electrons. The number of nitrogens with one attached hydrogen (secondary N) is 1. The van der Waals surface area contributed by atoms with Crippen molar-refractivity contribution in [2.45, 2.75) is 0 Å². The molecule has 2 aromatic carbocycles. The average molecular weight is 379 g/mol. The van der Waals surface area contributed by atoms with Crippen LogP contribution in [0.2, 0.25) is 5.02 Å².